The molecule has 1 aliphatic carbocycles. The summed E-state index contributed by atoms with van der Waals surface area (Å²) in [5.74, 6) is 1.90. The molecule has 102 valence electrons. The van der Waals surface area contributed by atoms with Crippen molar-refractivity contribution in [2.45, 2.75) is 36.9 Å². The normalized spacial score (nSPS) is 18.2. The number of nitrogens with zero attached hydrogens (tertiary/aromatic N) is 3. The second kappa shape index (κ2) is 5.92. The van der Waals surface area contributed by atoms with Crippen LogP contribution in [0.4, 0.5) is 0 Å². The van der Waals surface area contributed by atoms with Gasteiger partial charge in [-0.1, -0.05) is 30.7 Å². The summed E-state index contributed by atoms with van der Waals surface area (Å²) in [4.78, 5) is 0. The molecule has 5 heteroatoms. The zero-order chi connectivity index (χ0) is 13.1. The average Bonchev–Trinajstić information content (AvgIpc) is 3.09. The first-order chi connectivity index (χ1) is 9.38. The molecular formula is C14H20N4S. The molecule has 0 spiro atoms. The molecule has 1 atom stereocenters. The van der Waals surface area contributed by atoms with Crippen molar-refractivity contribution in [3.8, 4) is 0 Å². The van der Waals surface area contributed by atoms with Crippen LogP contribution in [0, 0.1) is 5.92 Å². The van der Waals surface area contributed by atoms with E-state index in [2.05, 4.69) is 27.0 Å². The third kappa shape index (κ3) is 2.77. The van der Waals surface area contributed by atoms with Gasteiger partial charge in [0.15, 0.2) is 10.8 Å². The maximum atomic E-state index is 4.28. The van der Waals surface area contributed by atoms with Gasteiger partial charge in [0, 0.05) is 18.0 Å². The lowest BCUT2D eigenvalue weighted by Gasteiger charge is -2.21. The number of rotatable bonds is 5. The molecule has 1 saturated carbocycles. The predicted molar refractivity (Wildman–Crippen MR) is 78.5 cm³/mol. The standard InChI is InChI=1S/C14H20N4S/c1-15-12(11-6-2-3-7-11)10-19-14-17-16-13-8-4-5-9-18(13)14/h4-5,8-9,11-12,15H,2-3,6-7,10H2,1H3. The summed E-state index contributed by atoms with van der Waals surface area (Å²) in [6, 6.07) is 6.59. The first kappa shape index (κ1) is 12.9. The summed E-state index contributed by atoms with van der Waals surface area (Å²) < 4.78 is 2.06. The van der Waals surface area contributed by atoms with Crippen LogP contribution in [0.5, 0.6) is 0 Å². The molecule has 19 heavy (non-hydrogen) atoms. The van der Waals surface area contributed by atoms with Crippen LogP contribution in [0.15, 0.2) is 29.6 Å². The van der Waals surface area contributed by atoms with Gasteiger partial charge in [0.05, 0.1) is 0 Å². The number of aromatic nitrogens is 3. The van der Waals surface area contributed by atoms with Gasteiger partial charge in [-0.05, 0) is 37.9 Å². The number of pyridine rings is 1. The Kier molecular flexibility index (Phi) is 4.03. The lowest BCUT2D eigenvalue weighted by Crippen LogP contribution is -2.34. The Bertz CT molecular complexity index is 533. The molecule has 0 radical (unpaired) electrons. The minimum atomic E-state index is 0.587. The van der Waals surface area contributed by atoms with Crippen molar-refractivity contribution < 1.29 is 0 Å². The monoisotopic (exact) mass is 276 g/mol. The van der Waals surface area contributed by atoms with E-state index in [4.69, 9.17) is 0 Å². The molecule has 2 aromatic heterocycles. The molecule has 1 fully saturated rings. The molecule has 0 amide bonds. The molecule has 0 saturated heterocycles. The van der Waals surface area contributed by atoms with Crippen molar-refractivity contribution in [3.05, 3.63) is 24.4 Å². The summed E-state index contributed by atoms with van der Waals surface area (Å²) in [5, 5.41) is 12.9. The Labute approximate surface area is 118 Å². The Hall–Kier alpha value is -1.07. The quantitative estimate of drug-likeness (QED) is 0.852. The van der Waals surface area contributed by atoms with Crippen molar-refractivity contribution in [2.24, 2.45) is 5.92 Å². The van der Waals surface area contributed by atoms with Gasteiger partial charge in [0.25, 0.3) is 0 Å². The molecule has 4 nitrogen and oxygen atoms in total. The van der Waals surface area contributed by atoms with E-state index < -0.39 is 0 Å². The summed E-state index contributed by atoms with van der Waals surface area (Å²) in [7, 11) is 2.07. The Morgan fingerprint density at radius 1 is 1.37 bits per heavy atom. The van der Waals surface area contributed by atoms with Gasteiger partial charge in [0.1, 0.15) is 0 Å². The van der Waals surface area contributed by atoms with Crippen molar-refractivity contribution in [1.82, 2.24) is 19.9 Å². The maximum Gasteiger partial charge on any atom is 0.195 e. The third-order valence-electron chi connectivity index (χ3n) is 4.01. The van der Waals surface area contributed by atoms with Gasteiger partial charge in [0.2, 0.25) is 0 Å². The number of hydrogen-bond acceptors (Lipinski definition) is 4. The van der Waals surface area contributed by atoms with Crippen LogP contribution in [-0.4, -0.2) is 33.4 Å². The molecule has 0 aromatic carbocycles. The second-order valence-corrected chi connectivity index (χ2v) is 6.15. The van der Waals surface area contributed by atoms with Gasteiger partial charge < -0.3 is 5.32 Å². The van der Waals surface area contributed by atoms with Crippen LogP contribution in [-0.2, 0) is 0 Å². The van der Waals surface area contributed by atoms with E-state index in [-0.39, 0.29) is 0 Å². The van der Waals surface area contributed by atoms with Crippen molar-refractivity contribution in [2.75, 3.05) is 12.8 Å². The van der Waals surface area contributed by atoms with E-state index in [0.29, 0.717) is 6.04 Å². The van der Waals surface area contributed by atoms with Crippen LogP contribution >= 0.6 is 11.8 Å². The smallest absolute Gasteiger partial charge is 0.195 e. The number of fused-ring (bicyclic) bond motifs is 1. The second-order valence-electron chi connectivity index (χ2n) is 5.16. The zero-order valence-electron chi connectivity index (χ0n) is 11.2. The van der Waals surface area contributed by atoms with E-state index in [9.17, 15) is 0 Å². The van der Waals surface area contributed by atoms with Crippen LogP contribution < -0.4 is 5.32 Å². The molecule has 1 unspecified atom stereocenters. The molecule has 1 N–H and O–H groups in total. The number of hydrogen-bond donors (Lipinski definition) is 1. The highest BCUT2D eigenvalue weighted by molar-refractivity contribution is 7.99. The molecule has 0 aliphatic heterocycles. The van der Waals surface area contributed by atoms with Crippen molar-refractivity contribution in [1.29, 1.82) is 0 Å². The van der Waals surface area contributed by atoms with E-state index in [1.165, 1.54) is 25.7 Å². The van der Waals surface area contributed by atoms with E-state index in [0.717, 1.165) is 22.5 Å². The minimum Gasteiger partial charge on any atom is -0.316 e. The third-order valence-corrected chi connectivity index (χ3v) is 5.08. The van der Waals surface area contributed by atoms with E-state index in [1.54, 1.807) is 11.8 Å². The summed E-state index contributed by atoms with van der Waals surface area (Å²) in [6.07, 6.45) is 7.55. The first-order valence-electron chi connectivity index (χ1n) is 6.98. The minimum absolute atomic E-state index is 0.587. The molecule has 1 aliphatic rings. The van der Waals surface area contributed by atoms with E-state index >= 15 is 0 Å². The molecular weight excluding hydrogens is 256 g/mol. The van der Waals surface area contributed by atoms with E-state index in [1.807, 2.05) is 24.4 Å². The van der Waals surface area contributed by atoms with Crippen LogP contribution in [0.2, 0.25) is 0 Å². The Balaban J connectivity index is 1.67. The Morgan fingerprint density at radius 2 is 2.21 bits per heavy atom. The van der Waals surface area contributed by atoms with Gasteiger partial charge in [-0.3, -0.25) is 4.40 Å². The zero-order valence-corrected chi connectivity index (χ0v) is 12.1. The topological polar surface area (TPSA) is 42.2 Å². The van der Waals surface area contributed by atoms with Crippen LogP contribution in [0.25, 0.3) is 5.65 Å². The van der Waals surface area contributed by atoms with Gasteiger partial charge in [-0.25, -0.2) is 0 Å². The fourth-order valence-corrected chi connectivity index (χ4v) is 4.06. The number of nitrogens with one attached hydrogen (secondary N) is 1. The molecule has 2 aromatic rings. The van der Waals surface area contributed by atoms with Crippen LogP contribution in [0.1, 0.15) is 25.7 Å². The number of thioether (sulfide) groups is 1. The highest BCUT2D eigenvalue weighted by atomic mass is 32.2. The molecule has 2 heterocycles. The first-order valence-corrected chi connectivity index (χ1v) is 7.97. The largest absolute Gasteiger partial charge is 0.316 e. The van der Waals surface area contributed by atoms with Crippen molar-refractivity contribution >= 4 is 17.4 Å². The highest BCUT2D eigenvalue weighted by Gasteiger charge is 2.24. The maximum absolute atomic E-state index is 4.28. The average molecular weight is 276 g/mol. The predicted octanol–water partition coefficient (Wildman–Crippen LogP) is 2.60. The lowest BCUT2D eigenvalue weighted by molar-refractivity contribution is 0.410. The molecule has 0 bridgehead atoms. The van der Waals surface area contributed by atoms with Crippen molar-refractivity contribution in [3.63, 3.8) is 0 Å². The lowest BCUT2D eigenvalue weighted by atomic mass is 10.0. The van der Waals surface area contributed by atoms with Gasteiger partial charge in [-0.15, -0.1) is 10.2 Å². The fourth-order valence-electron chi connectivity index (χ4n) is 2.90. The fraction of sp³-hybridized carbons (Fsp3) is 0.571. The highest BCUT2D eigenvalue weighted by Crippen LogP contribution is 2.30. The molecule has 3 rings (SSSR count). The van der Waals surface area contributed by atoms with Crippen LogP contribution in [0.3, 0.4) is 0 Å². The Morgan fingerprint density at radius 3 is 3.00 bits per heavy atom. The SMILES string of the molecule is CNC(CSc1nnc2ccccn12)C1CCCC1. The van der Waals surface area contributed by atoms with Gasteiger partial charge in [-0.2, -0.15) is 0 Å². The van der Waals surface area contributed by atoms with Gasteiger partial charge >= 0.3 is 0 Å². The summed E-state index contributed by atoms with van der Waals surface area (Å²) in [6.45, 7) is 0. The summed E-state index contributed by atoms with van der Waals surface area (Å²) in [5.41, 5.74) is 0.923. The summed E-state index contributed by atoms with van der Waals surface area (Å²) >= 11 is 1.80.